The van der Waals surface area contributed by atoms with Crippen LogP contribution in [0.3, 0.4) is 0 Å². The highest BCUT2D eigenvalue weighted by Gasteiger charge is 2.16. The van der Waals surface area contributed by atoms with Gasteiger partial charge in [0.2, 0.25) is 0 Å². The van der Waals surface area contributed by atoms with Gasteiger partial charge >= 0.3 is 0 Å². The first-order valence-electron chi connectivity index (χ1n) is 11.1. The van der Waals surface area contributed by atoms with Crippen molar-refractivity contribution in [2.75, 3.05) is 0 Å². The molecule has 0 aliphatic rings. The minimum Gasteiger partial charge on any atom is -0.258 e. The van der Waals surface area contributed by atoms with Gasteiger partial charge in [-0.1, -0.05) is 70.1 Å². The predicted molar refractivity (Wildman–Crippen MR) is 154 cm³/mol. The van der Waals surface area contributed by atoms with Gasteiger partial charge in [-0.25, -0.2) is 0 Å². The molecule has 0 bridgehead atoms. The molecule has 4 aromatic rings. The van der Waals surface area contributed by atoms with Gasteiger partial charge in [-0.2, -0.15) is 0 Å². The molecule has 0 atom stereocenters. The Hall–Kier alpha value is -5.92. The zero-order chi connectivity index (χ0) is 30.4. The Labute approximate surface area is 241 Å². The predicted octanol–water partition coefficient (Wildman–Crippen LogP) is 6.84. The highest BCUT2D eigenvalue weighted by atomic mass is 79.9. The average molecular weight is 617 g/mol. The number of terminal acetylenes is 1. The largest absolute Gasteiger partial charge is 0.277 e. The number of hydrogen-bond acceptors (Lipinski definition) is 8. The van der Waals surface area contributed by atoms with Crippen molar-refractivity contribution >= 4 is 38.7 Å². The number of nitro groups is 4. The maximum absolute atomic E-state index is 10.7. The highest BCUT2D eigenvalue weighted by Crippen LogP contribution is 2.25. The van der Waals surface area contributed by atoms with Crippen molar-refractivity contribution < 1.29 is 19.7 Å². The van der Waals surface area contributed by atoms with Crippen molar-refractivity contribution in [3.63, 3.8) is 0 Å². The summed E-state index contributed by atoms with van der Waals surface area (Å²) >= 11 is 2.94. The van der Waals surface area contributed by atoms with Crippen LogP contribution < -0.4 is 0 Å². The molecule has 0 N–H and O–H groups in total. The summed E-state index contributed by atoms with van der Waals surface area (Å²) in [5, 5.41) is 42.1. The Morgan fingerprint density at radius 3 is 1.20 bits per heavy atom. The van der Waals surface area contributed by atoms with Crippen LogP contribution >= 0.6 is 15.9 Å². The number of nitrogens with zero attached hydrogens (tertiary/aromatic N) is 4. The zero-order valence-electron chi connectivity index (χ0n) is 20.7. The molecule has 41 heavy (non-hydrogen) atoms. The highest BCUT2D eigenvalue weighted by molar-refractivity contribution is 9.10. The van der Waals surface area contributed by atoms with Crippen molar-refractivity contribution in [3.8, 4) is 24.2 Å². The first-order valence-corrected chi connectivity index (χ1v) is 11.9. The van der Waals surface area contributed by atoms with Gasteiger partial charge in [-0.3, -0.25) is 40.5 Å². The second-order valence-corrected chi connectivity index (χ2v) is 8.48. The van der Waals surface area contributed by atoms with Crippen molar-refractivity contribution in [3.05, 3.63) is 159 Å². The van der Waals surface area contributed by atoms with Crippen LogP contribution in [0.2, 0.25) is 0 Å². The molecule has 0 saturated heterocycles. The fraction of sp³-hybridized carbons (Fsp3) is 0. The van der Waals surface area contributed by atoms with Gasteiger partial charge in [0.05, 0.1) is 31.8 Å². The van der Waals surface area contributed by atoms with Gasteiger partial charge in [0.25, 0.3) is 22.7 Å². The lowest BCUT2D eigenvalue weighted by atomic mass is 10.1. The minimum atomic E-state index is -0.683. The van der Waals surface area contributed by atoms with E-state index in [-0.39, 0.29) is 28.3 Å². The average Bonchev–Trinajstić information content (AvgIpc) is 2.97. The second-order valence-electron chi connectivity index (χ2n) is 7.56. The van der Waals surface area contributed by atoms with E-state index in [1.807, 2.05) is 36.4 Å². The van der Waals surface area contributed by atoms with E-state index in [9.17, 15) is 40.5 Å². The SMILES string of the molecule is C#Cc1ccccc1.O=[N+]([O-])c1cc(Br)cc([N+](=O)[O-])c1.O=[N+]([O-])c1cc(C#Cc2ccccc2)cc([N+](=O)[O-])c1. The van der Waals surface area contributed by atoms with Crippen molar-refractivity contribution in [2.45, 2.75) is 0 Å². The van der Waals surface area contributed by atoms with Gasteiger partial charge in [0.15, 0.2) is 0 Å². The third-order valence-corrected chi connectivity index (χ3v) is 5.14. The van der Waals surface area contributed by atoms with Gasteiger partial charge in [-0.05, 0) is 24.3 Å². The smallest absolute Gasteiger partial charge is 0.258 e. The van der Waals surface area contributed by atoms with Crippen LogP contribution in [0, 0.1) is 64.6 Å². The van der Waals surface area contributed by atoms with Crippen molar-refractivity contribution in [1.82, 2.24) is 0 Å². The van der Waals surface area contributed by atoms with Crippen LogP contribution in [0.5, 0.6) is 0 Å². The molecular formula is C28H17BrN4O8. The zero-order valence-corrected chi connectivity index (χ0v) is 22.3. The Morgan fingerprint density at radius 2 is 0.854 bits per heavy atom. The van der Waals surface area contributed by atoms with E-state index in [1.54, 1.807) is 24.3 Å². The molecular weight excluding hydrogens is 600 g/mol. The topological polar surface area (TPSA) is 173 Å². The Balaban J connectivity index is 0.000000239. The molecule has 204 valence electrons. The van der Waals surface area contributed by atoms with E-state index in [0.717, 1.165) is 23.3 Å². The molecule has 0 radical (unpaired) electrons. The van der Waals surface area contributed by atoms with E-state index in [4.69, 9.17) is 6.42 Å². The molecule has 0 aromatic heterocycles. The fourth-order valence-electron chi connectivity index (χ4n) is 2.85. The van der Waals surface area contributed by atoms with E-state index < -0.39 is 19.7 Å². The number of rotatable bonds is 4. The molecule has 12 nitrogen and oxygen atoms in total. The lowest BCUT2D eigenvalue weighted by molar-refractivity contribution is -0.394. The van der Waals surface area contributed by atoms with E-state index >= 15 is 0 Å². The first-order chi connectivity index (χ1) is 19.5. The Morgan fingerprint density at radius 1 is 0.512 bits per heavy atom. The van der Waals surface area contributed by atoms with Crippen molar-refractivity contribution in [1.29, 1.82) is 0 Å². The Bertz CT molecular complexity index is 1610. The molecule has 0 aliphatic heterocycles. The summed E-state index contributed by atoms with van der Waals surface area (Å²) < 4.78 is 0.313. The van der Waals surface area contributed by atoms with Gasteiger partial charge in [-0.15, -0.1) is 6.42 Å². The molecule has 0 fully saturated rings. The summed E-state index contributed by atoms with van der Waals surface area (Å²) in [4.78, 5) is 39.3. The Kier molecular flexibility index (Phi) is 11.8. The molecule has 0 unspecified atom stereocenters. The standard InChI is InChI=1S/C14H8N2O4.C8H6.C6H3BrN2O4/c17-15(18)13-8-12(9-14(10-13)16(19)20)7-6-11-4-2-1-3-5-11;1-2-8-6-4-3-5-7-8;7-4-1-5(8(10)11)3-6(2-4)9(12)13/h1-5,8-10H;1,3-7H;1-3H. The lowest BCUT2D eigenvalue weighted by Gasteiger charge is -1.95. The third-order valence-electron chi connectivity index (χ3n) is 4.68. The summed E-state index contributed by atoms with van der Waals surface area (Å²) in [5.74, 6) is 8.02. The van der Waals surface area contributed by atoms with Crippen LogP contribution in [-0.2, 0) is 0 Å². The molecule has 13 heteroatoms. The van der Waals surface area contributed by atoms with Gasteiger partial charge in [0.1, 0.15) is 0 Å². The minimum absolute atomic E-state index is 0.231. The number of halogens is 1. The van der Waals surface area contributed by atoms with Crippen LogP contribution in [0.25, 0.3) is 0 Å². The van der Waals surface area contributed by atoms with Crippen LogP contribution in [-0.4, -0.2) is 19.7 Å². The quantitative estimate of drug-likeness (QED) is 0.136. The van der Waals surface area contributed by atoms with E-state index in [0.29, 0.717) is 4.47 Å². The number of hydrogen-bond donors (Lipinski definition) is 0. The maximum Gasteiger partial charge on any atom is 0.277 e. The molecule has 0 saturated carbocycles. The monoisotopic (exact) mass is 616 g/mol. The van der Waals surface area contributed by atoms with E-state index in [1.165, 1.54) is 24.3 Å². The summed E-state index contributed by atoms with van der Waals surface area (Å²) in [6.45, 7) is 0. The molecule has 0 heterocycles. The van der Waals surface area contributed by atoms with E-state index in [2.05, 4.69) is 33.7 Å². The maximum atomic E-state index is 10.7. The third kappa shape index (κ3) is 10.8. The normalized spacial score (nSPS) is 9.17. The summed E-state index contributed by atoms with van der Waals surface area (Å²) in [5.41, 5.74) is 0.583. The summed E-state index contributed by atoms with van der Waals surface area (Å²) in [7, 11) is 0. The fourth-order valence-corrected chi connectivity index (χ4v) is 3.32. The number of non-ortho nitro benzene ring substituents is 4. The first kappa shape index (κ1) is 31.3. The number of benzene rings is 4. The molecule has 0 amide bonds. The van der Waals surface area contributed by atoms with Crippen LogP contribution in [0.15, 0.2) is 102 Å². The number of nitro benzene ring substituents is 4. The van der Waals surface area contributed by atoms with Crippen LogP contribution in [0.1, 0.15) is 16.7 Å². The molecule has 4 aromatic carbocycles. The summed E-state index contributed by atoms with van der Waals surface area (Å²) in [6.07, 6.45) is 5.10. The second kappa shape index (κ2) is 15.5. The van der Waals surface area contributed by atoms with Gasteiger partial charge < -0.3 is 0 Å². The van der Waals surface area contributed by atoms with Gasteiger partial charge in [0, 0.05) is 45.4 Å². The lowest BCUT2D eigenvalue weighted by Crippen LogP contribution is -1.93. The molecule has 4 rings (SSSR count). The van der Waals surface area contributed by atoms with Crippen LogP contribution in [0.4, 0.5) is 22.7 Å². The molecule has 0 aliphatic carbocycles. The summed E-state index contributed by atoms with van der Waals surface area (Å²) in [6, 6.07) is 25.2. The van der Waals surface area contributed by atoms with Crippen molar-refractivity contribution in [2.24, 2.45) is 0 Å². The molecule has 0 spiro atoms.